The highest BCUT2D eigenvalue weighted by Gasteiger charge is 2.13. The first-order valence-electron chi connectivity index (χ1n) is 7.17. The van der Waals surface area contributed by atoms with Crippen LogP contribution in [-0.2, 0) is 11.3 Å². The Labute approximate surface area is 135 Å². The van der Waals surface area contributed by atoms with Gasteiger partial charge in [0, 0.05) is 32.3 Å². The first-order valence-corrected chi connectivity index (χ1v) is 7.17. The molecule has 23 heavy (non-hydrogen) atoms. The molecule has 0 bridgehead atoms. The van der Waals surface area contributed by atoms with Crippen LogP contribution in [0.2, 0.25) is 0 Å². The lowest BCUT2D eigenvalue weighted by Gasteiger charge is -2.14. The van der Waals surface area contributed by atoms with Gasteiger partial charge in [0.05, 0.1) is 6.61 Å². The Morgan fingerprint density at radius 3 is 2.17 bits per heavy atom. The van der Waals surface area contributed by atoms with Gasteiger partial charge < -0.3 is 15.4 Å². The Kier molecular flexibility index (Phi) is 5.13. The molecular weight excluding hydrogens is 292 g/mol. The molecule has 120 valence electrons. The summed E-state index contributed by atoms with van der Waals surface area (Å²) in [7, 11) is 5.05. The van der Waals surface area contributed by atoms with Crippen molar-refractivity contribution < 1.29 is 14.3 Å². The quantitative estimate of drug-likeness (QED) is 0.920. The van der Waals surface area contributed by atoms with Crippen molar-refractivity contribution in [3.63, 3.8) is 0 Å². The summed E-state index contributed by atoms with van der Waals surface area (Å²) in [6.45, 7) is 0.390. The Morgan fingerprint density at radius 1 is 1.04 bits per heavy atom. The lowest BCUT2D eigenvalue weighted by atomic mass is 9.96. The van der Waals surface area contributed by atoms with Crippen molar-refractivity contribution in [1.29, 1.82) is 0 Å². The van der Waals surface area contributed by atoms with Crippen LogP contribution in [0.5, 0.6) is 0 Å². The molecule has 2 N–H and O–H groups in total. The molecule has 2 aromatic carbocycles. The van der Waals surface area contributed by atoms with E-state index in [9.17, 15) is 9.59 Å². The van der Waals surface area contributed by atoms with Gasteiger partial charge >= 0.3 is 0 Å². The van der Waals surface area contributed by atoms with Gasteiger partial charge in [-0.3, -0.25) is 9.59 Å². The summed E-state index contributed by atoms with van der Waals surface area (Å²) in [6.07, 6.45) is 0. The van der Waals surface area contributed by atoms with Crippen LogP contribution in [0.4, 0.5) is 0 Å². The van der Waals surface area contributed by atoms with Gasteiger partial charge in [0.25, 0.3) is 5.91 Å². The van der Waals surface area contributed by atoms with E-state index >= 15 is 0 Å². The second-order valence-corrected chi connectivity index (χ2v) is 5.45. The number of benzene rings is 2. The monoisotopic (exact) mass is 312 g/mol. The van der Waals surface area contributed by atoms with E-state index in [0.29, 0.717) is 17.7 Å². The van der Waals surface area contributed by atoms with Crippen molar-refractivity contribution in [1.82, 2.24) is 4.90 Å². The lowest BCUT2D eigenvalue weighted by molar-refractivity contribution is 0.0827. The fourth-order valence-electron chi connectivity index (χ4n) is 2.36. The third-order valence-corrected chi connectivity index (χ3v) is 3.54. The summed E-state index contributed by atoms with van der Waals surface area (Å²) in [5.41, 5.74) is 9.13. The fourth-order valence-corrected chi connectivity index (χ4v) is 2.36. The van der Waals surface area contributed by atoms with Gasteiger partial charge in [0.1, 0.15) is 0 Å². The molecule has 0 aliphatic carbocycles. The van der Waals surface area contributed by atoms with Gasteiger partial charge in [-0.2, -0.15) is 0 Å². The number of hydrogen-bond donors (Lipinski definition) is 1. The summed E-state index contributed by atoms with van der Waals surface area (Å²) in [5.74, 6) is -0.515. The predicted octanol–water partition coefficient (Wildman–Crippen LogP) is 2.30. The SMILES string of the molecule is COCc1cc(C(=O)N(C)C)ccc1-c1ccc(C(N)=O)cc1. The molecule has 2 rings (SSSR count). The smallest absolute Gasteiger partial charge is 0.253 e. The average Bonchev–Trinajstić information content (AvgIpc) is 2.54. The predicted molar refractivity (Wildman–Crippen MR) is 89.1 cm³/mol. The largest absolute Gasteiger partial charge is 0.380 e. The van der Waals surface area contributed by atoms with Gasteiger partial charge in [0.2, 0.25) is 5.91 Å². The van der Waals surface area contributed by atoms with Crippen LogP contribution in [0.15, 0.2) is 42.5 Å². The van der Waals surface area contributed by atoms with E-state index in [0.717, 1.165) is 16.7 Å². The number of nitrogens with zero attached hydrogens (tertiary/aromatic N) is 1. The van der Waals surface area contributed by atoms with Gasteiger partial charge in [-0.25, -0.2) is 0 Å². The summed E-state index contributed by atoms with van der Waals surface area (Å²) in [4.78, 5) is 24.8. The molecule has 0 radical (unpaired) electrons. The fraction of sp³-hybridized carbons (Fsp3) is 0.222. The number of nitrogens with two attached hydrogens (primary N) is 1. The van der Waals surface area contributed by atoms with E-state index < -0.39 is 5.91 Å². The van der Waals surface area contributed by atoms with E-state index in [1.807, 2.05) is 24.3 Å². The number of primary amides is 1. The number of amides is 2. The Balaban J connectivity index is 2.45. The number of methoxy groups -OCH3 is 1. The summed E-state index contributed by atoms with van der Waals surface area (Å²) < 4.78 is 5.25. The number of rotatable bonds is 5. The molecule has 5 heteroatoms. The minimum absolute atomic E-state index is 0.0574. The normalized spacial score (nSPS) is 10.4. The molecule has 0 heterocycles. The van der Waals surface area contributed by atoms with Crippen molar-refractivity contribution in [2.45, 2.75) is 6.61 Å². The molecule has 5 nitrogen and oxygen atoms in total. The summed E-state index contributed by atoms with van der Waals surface area (Å²) in [6, 6.07) is 12.6. The van der Waals surface area contributed by atoms with E-state index in [1.54, 1.807) is 39.4 Å². The average molecular weight is 312 g/mol. The van der Waals surface area contributed by atoms with Crippen LogP contribution < -0.4 is 5.73 Å². The number of ether oxygens (including phenoxy) is 1. The standard InChI is InChI=1S/C18H20N2O3/c1-20(2)18(22)14-8-9-16(15(10-14)11-23-3)12-4-6-13(7-5-12)17(19)21/h4-10H,11H2,1-3H3,(H2,19,21). The van der Waals surface area contributed by atoms with Gasteiger partial charge in [0.15, 0.2) is 0 Å². The Morgan fingerprint density at radius 2 is 1.65 bits per heavy atom. The minimum Gasteiger partial charge on any atom is -0.380 e. The minimum atomic E-state index is -0.458. The highest BCUT2D eigenvalue weighted by atomic mass is 16.5. The second-order valence-electron chi connectivity index (χ2n) is 5.45. The second kappa shape index (κ2) is 7.07. The first-order chi connectivity index (χ1) is 10.9. The molecule has 0 spiro atoms. The molecule has 0 unspecified atom stereocenters. The van der Waals surface area contributed by atoms with Crippen molar-refractivity contribution in [2.24, 2.45) is 5.73 Å². The van der Waals surface area contributed by atoms with Crippen LogP contribution in [0, 0.1) is 0 Å². The van der Waals surface area contributed by atoms with Crippen molar-refractivity contribution in [3.8, 4) is 11.1 Å². The molecule has 2 amide bonds. The van der Waals surface area contributed by atoms with Crippen molar-refractivity contribution >= 4 is 11.8 Å². The van der Waals surface area contributed by atoms with Gasteiger partial charge in [-0.15, -0.1) is 0 Å². The summed E-state index contributed by atoms with van der Waals surface area (Å²) >= 11 is 0. The highest BCUT2D eigenvalue weighted by molar-refractivity contribution is 5.95. The molecule has 0 saturated heterocycles. The molecule has 0 aliphatic rings. The number of hydrogen-bond acceptors (Lipinski definition) is 3. The molecule has 0 atom stereocenters. The maximum absolute atomic E-state index is 12.1. The van der Waals surface area contributed by atoms with Crippen molar-refractivity contribution in [2.75, 3.05) is 21.2 Å². The zero-order valence-corrected chi connectivity index (χ0v) is 13.5. The van der Waals surface area contributed by atoms with Crippen LogP contribution in [0.3, 0.4) is 0 Å². The van der Waals surface area contributed by atoms with Gasteiger partial charge in [-0.05, 0) is 41.0 Å². The number of carbonyl (C=O) groups excluding carboxylic acids is 2. The van der Waals surface area contributed by atoms with Gasteiger partial charge in [-0.1, -0.05) is 18.2 Å². The van der Waals surface area contributed by atoms with E-state index in [2.05, 4.69) is 0 Å². The van der Waals surface area contributed by atoms with Crippen molar-refractivity contribution in [3.05, 3.63) is 59.2 Å². The Bertz CT molecular complexity index is 722. The zero-order chi connectivity index (χ0) is 17.0. The van der Waals surface area contributed by atoms with E-state index in [-0.39, 0.29) is 5.91 Å². The van der Waals surface area contributed by atoms with Crippen LogP contribution in [0.1, 0.15) is 26.3 Å². The van der Waals surface area contributed by atoms with Crippen LogP contribution in [-0.4, -0.2) is 37.9 Å². The molecular formula is C18H20N2O3. The topological polar surface area (TPSA) is 72.6 Å². The van der Waals surface area contributed by atoms with Crippen LogP contribution in [0.25, 0.3) is 11.1 Å². The third kappa shape index (κ3) is 3.76. The van der Waals surface area contributed by atoms with E-state index in [1.165, 1.54) is 4.90 Å². The third-order valence-electron chi connectivity index (χ3n) is 3.54. The number of carbonyl (C=O) groups is 2. The zero-order valence-electron chi connectivity index (χ0n) is 13.5. The first kappa shape index (κ1) is 16.7. The Hall–Kier alpha value is -2.66. The molecule has 0 aromatic heterocycles. The molecule has 0 fully saturated rings. The maximum atomic E-state index is 12.1. The molecule has 2 aromatic rings. The molecule has 0 saturated carbocycles. The summed E-state index contributed by atoms with van der Waals surface area (Å²) in [5, 5.41) is 0. The molecule has 0 aliphatic heterocycles. The van der Waals surface area contributed by atoms with E-state index in [4.69, 9.17) is 10.5 Å². The highest BCUT2D eigenvalue weighted by Crippen LogP contribution is 2.26. The maximum Gasteiger partial charge on any atom is 0.253 e. The lowest BCUT2D eigenvalue weighted by Crippen LogP contribution is -2.21. The van der Waals surface area contributed by atoms with Crippen LogP contribution >= 0.6 is 0 Å².